The lowest BCUT2D eigenvalue weighted by molar-refractivity contribution is 0.0793. The first-order chi connectivity index (χ1) is 16.1. The van der Waals surface area contributed by atoms with Gasteiger partial charge in [0.2, 0.25) is 5.89 Å². The van der Waals surface area contributed by atoms with E-state index in [9.17, 15) is 4.79 Å². The van der Waals surface area contributed by atoms with Gasteiger partial charge in [0.25, 0.3) is 5.91 Å². The smallest absolute Gasteiger partial charge is 0.253 e. The molecule has 1 atom stereocenters. The Labute approximate surface area is 196 Å². The minimum Gasteiger partial charge on any atom is -0.441 e. The van der Waals surface area contributed by atoms with Crippen molar-refractivity contribution in [2.24, 2.45) is 0 Å². The summed E-state index contributed by atoms with van der Waals surface area (Å²) in [5, 5.41) is 0. The van der Waals surface area contributed by atoms with Crippen LogP contribution in [0.5, 0.6) is 0 Å². The van der Waals surface area contributed by atoms with Gasteiger partial charge >= 0.3 is 0 Å². The van der Waals surface area contributed by atoms with Crippen LogP contribution in [-0.4, -0.2) is 52.9 Å². The molecule has 0 unspecified atom stereocenters. The highest BCUT2D eigenvalue weighted by atomic mass is 16.4. The molecule has 2 aromatic carbocycles. The van der Waals surface area contributed by atoms with Crippen LogP contribution >= 0.6 is 0 Å². The van der Waals surface area contributed by atoms with Crippen molar-refractivity contribution < 1.29 is 9.21 Å². The predicted octanol–water partition coefficient (Wildman–Crippen LogP) is 5.58. The van der Waals surface area contributed by atoms with E-state index in [1.165, 1.54) is 19.4 Å². The van der Waals surface area contributed by atoms with Crippen molar-refractivity contribution in [3.63, 3.8) is 0 Å². The summed E-state index contributed by atoms with van der Waals surface area (Å²) in [7, 11) is 0. The second-order valence-electron chi connectivity index (χ2n) is 9.45. The summed E-state index contributed by atoms with van der Waals surface area (Å²) in [6.45, 7) is 8.32. The molecule has 0 N–H and O–H groups in total. The van der Waals surface area contributed by atoms with Crippen molar-refractivity contribution in [1.82, 2.24) is 14.8 Å². The van der Waals surface area contributed by atoms with Gasteiger partial charge < -0.3 is 14.2 Å². The molecule has 0 saturated carbocycles. The Bertz CT molecular complexity index is 1100. The Morgan fingerprint density at radius 1 is 0.939 bits per heavy atom. The average molecular weight is 444 g/mol. The minimum atomic E-state index is 0.142. The highest BCUT2D eigenvalue weighted by Gasteiger charge is 2.21. The molecule has 1 aromatic heterocycles. The summed E-state index contributed by atoms with van der Waals surface area (Å²) in [4.78, 5) is 21.9. The lowest BCUT2D eigenvalue weighted by Crippen LogP contribution is -2.29. The van der Waals surface area contributed by atoms with Crippen molar-refractivity contribution in [2.75, 3.05) is 26.2 Å². The van der Waals surface area contributed by atoms with Crippen LogP contribution in [0.25, 0.3) is 22.6 Å². The van der Waals surface area contributed by atoms with Crippen LogP contribution in [0.1, 0.15) is 54.4 Å². The van der Waals surface area contributed by atoms with Crippen LogP contribution in [0.15, 0.2) is 52.9 Å². The van der Waals surface area contributed by atoms with Gasteiger partial charge in [-0.2, -0.15) is 0 Å². The van der Waals surface area contributed by atoms with Crippen molar-refractivity contribution >= 4 is 5.91 Å². The third-order valence-corrected chi connectivity index (χ3v) is 7.21. The molecule has 1 amide bonds. The number of aromatic nitrogens is 1. The van der Waals surface area contributed by atoms with Gasteiger partial charge in [-0.25, -0.2) is 4.98 Å². The predicted molar refractivity (Wildman–Crippen MR) is 131 cm³/mol. The van der Waals surface area contributed by atoms with Crippen molar-refractivity contribution in [2.45, 2.75) is 52.0 Å². The van der Waals surface area contributed by atoms with Crippen molar-refractivity contribution in [1.29, 1.82) is 0 Å². The number of hydrogen-bond donors (Lipinski definition) is 0. The second-order valence-corrected chi connectivity index (χ2v) is 9.45. The van der Waals surface area contributed by atoms with Gasteiger partial charge in [0.05, 0.1) is 5.69 Å². The SMILES string of the molecule is Cc1oc(-c2ccc(-c3ccc(C(=O)N4CCCC4)cc3)cc2)nc1CCN1CCC[C@H]1C. The van der Waals surface area contributed by atoms with Gasteiger partial charge in [-0.15, -0.1) is 0 Å². The first kappa shape index (κ1) is 21.9. The van der Waals surface area contributed by atoms with Crippen molar-refractivity contribution in [3.8, 4) is 22.6 Å². The van der Waals surface area contributed by atoms with E-state index in [1.54, 1.807) is 0 Å². The fourth-order valence-electron chi connectivity index (χ4n) is 5.07. The van der Waals surface area contributed by atoms with Gasteiger partial charge in [0.1, 0.15) is 5.76 Å². The Hall–Kier alpha value is -2.92. The van der Waals surface area contributed by atoms with E-state index in [1.807, 2.05) is 36.1 Å². The maximum absolute atomic E-state index is 12.6. The quantitative estimate of drug-likeness (QED) is 0.499. The van der Waals surface area contributed by atoms with Gasteiger partial charge in [-0.3, -0.25) is 4.79 Å². The number of amides is 1. The number of carbonyl (C=O) groups is 1. The number of rotatable bonds is 6. The Morgan fingerprint density at radius 2 is 1.58 bits per heavy atom. The Kier molecular flexibility index (Phi) is 6.32. The zero-order valence-electron chi connectivity index (χ0n) is 19.7. The molecule has 2 saturated heterocycles. The molecule has 0 spiro atoms. The highest BCUT2D eigenvalue weighted by molar-refractivity contribution is 5.94. The molecule has 172 valence electrons. The number of hydrogen-bond acceptors (Lipinski definition) is 4. The maximum Gasteiger partial charge on any atom is 0.253 e. The fourth-order valence-corrected chi connectivity index (χ4v) is 5.07. The Balaban J connectivity index is 1.25. The van der Waals surface area contributed by atoms with Crippen molar-refractivity contribution in [3.05, 3.63) is 65.5 Å². The molecule has 0 bridgehead atoms. The second kappa shape index (κ2) is 9.52. The molecule has 33 heavy (non-hydrogen) atoms. The monoisotopic (exact) mass is 443 g/mol. The molecular weight excluding hydrogens is 410 g/mol. The topological polar surface area (TPSA) is 49.6 Å². The van der Waals surface area contributed by atoms with Crippen LogP contribution in [-0.2, 0) is 6.42 Å². The fraction of sp³-hybridized carbons (Fsp3) is 0.429. The molecule has 5 heteroatoms. The van der Waals surface area contributed by atoms with Crippen LogP contribution in [0.3, 0.4) is 0 Å². The van der Waals surface area contributed by atoms with E-state index in [-0.39, 0.29) is 5.91 Å². The van der Waals surface area contributed by atoms with E-state index >= 15 is 0 Å². The number of likely N-dealkylation sites (tertiary alicyclic amines) is 2. The van der Waals surface area contributed by atoms with Gasteiger partial charge in [0.15, 0.2) is 0 Å². The number of nitrogens with zero attached hydrogens (tertiary/aromatic N) is 3. The molecule has 0 aliphatic carbocycles. The third-order valence-electron chi connectivity index (χ3n) is 7.21. The van der Waals surface area contributed by atoms with Gasteiger partial charge in [-0.1, -0.05) is 24.3 Å². The molecule has 2 fully saturated rings. The summed E-state index contributed by atoms with van der Waals surface area (Å²) < 4.78 is 6.01. The molecule has 5 rings (SSSR count). The molecule has 5 nitrogen and oxygen atoms in total. The number of carbonyl (C=O) groups excluding carboxylic acids is 1. The number of aryl methyl sites for hydroxylation is 1. The lowest BCUT2D eigenvalue weighted by atomic mass is 10.0. The molecular formula is C28H33N3O2. The van der Waals surface area contributed by atoms with E-state index in [0.717, 1.165) is 72.6 Å². The molecule has 3 aromatic rings. The first-order valence-corrected chi connectivity index (χ1v) is 12.3. The zero-order chi connectivity index (χ0) is 22.8. The van der Waals surface area contributed by atoms with Crippen LogP contribution < -0.4 is 0 Å². The summed E-state index contributed by atoms with van der Waals surface area (Å²) in [6.07, 6.45) is 5.75. The zero-order valence-corrected chi connectivity index (χ0v) is 19.7. The summed E-state index contributed by atoms with van der Waals surface area (Å²) >= 11 is 0. The molecule has 3 heterocycles. The van der Waals surface area contributed by atoms with Gasteiger partial charge in [0, 0.05) is 43.2 Å². The normalized spacial score (nSPS) is 18.8. The average Bonchev–Trinajstić information content (AvgIpc) is 3.60. The first-order valence-electron chi connectivity index (χ1n) is 12.3. The van der Waals surface area contributed by atoms with Crippen LogP contribution in [0.4, 0.5) is 0 Å². The standard InChI is InChI=1S/C28H33N3O2/c1-20-6-5-18-30(20)19-15-26-21(2)33-27(29-26)24-11-7-22(8-12-24)23-9-13-25(14-10-23)28(32)31-16-3-4-17-31/h7-14,20H,3-6,15-19H2,1-2H3/t20-/m1/s1. The minimum absolute atomic E-state index is 0.142. The van der Waals surface area contributed by atoms with E-state index in [2.05, 4.69) is 36.1 Å². The molecule has 2 aliphatic heterocycles. The van der Waals surface area contributed by atoms with Crippen LogP contribution in [0, 0.1) is 6.92 Å². The maximum atomic E-state index is 12.6. The van der Waals surface area contributed by atoms with Crippen LogP contribution in [0.2, 0.25) is 0 Å². The summed E-state index contributed by atoms with van der Waals surface area (Å²) in [5.41, 5.74) is 5.03. The number of benzene rings is 2. The number of oxazole rings is 1. The van der Waals surface area contributed by atoms with E-state index < -0.39 is 0 Å². The molecule has 2 aliphatic rings. The van der Waals surface area contributed by atoms with E-state index in [4.69, 9.17) is 9.40 Å². The van der Waals surface area contributed by atoms with E-state index in [0.29, 0.717) is 11.9 Å². The van der Waals surface area contributed by atoms with Gasteiger partial charge in [-0.05, 0) is 81.5 Å². The highest BCUT2D eigenvalue weighted by Crippen LogP contribution is 2.27. The summed E-state index contributed by atoms with van der Waals surface area (Å²) in [6, 6.07) is 16.9. The Morgan fingerprint density at radius 3 is 2.21 bits per heavy atom. The third kappa shape index (κ3) is 4.74. The summed E-state index contributed by atoms with van der Waals surface area (Å²) in [5.74, 6) is 1.75. The lowest BCUT2D eigenvalue weighted by Gasteiger charge is -2.20. The largest absolute Gasteiger partial charge is 0.441 e. The molecule has 0 radical (unpaired) electrons.